The number of benzene rings is 1. The van der Waals surface area contributed by atoms with Gasteiger partial charge in [0.05, 0.1) is 17.5 Å². The number of fused-ring (bicyclic) bond motifs is 1. The molecule has 3 heterocycles. The van der Waals surface area contributed by atoms with E-state index >= 15 is 0 Å². The van der Waals surface area contributed by atoms with E-state index in [1.54, 1.807) is 4.90 Å². The minimum atomic E-state index is -0.502. The Morgan fingerprint density at radius 2 is 2.17 bits per heavy atom. The van der Waals surface area contributed by atoms with Crippen LogP contribution >= 0.6 is 0 Å². The summed E-state index contributed by atoms with van der Waals surface area (Å²) in [5.41, 5.74) is 8.50. The van der Waals surface area contributed by atoms with Crippen LogP contribution in [0.25, 0.3) is 10.9 Å². The third-order valence-corrected chi connectivity index (χ3v) is 5.64. The van der Waals surface area contributed by atoms with Crippen molar-refractivity contribution in [3.63, 3.8) is 0 Å². The Kier molecular flexibility index (Phi) is 5.48. The number of hydrogen-bond donors (Lipinski definition) is 3. The molecule has 3 amide bonds. The molecule has 1 saturated heterocycles. The van der Waals surface area contributed by atoms with Gasteiger partial charge >= 0.3 is 6.03 Å². The molecule has 4 rings (SSSR count). The number of nitrogens with two attached hydrogens (primary N) is 1. The summed E-state index contributed by atoms with van der Waals surface area (Å²) in [6.07, 6.45) is 5.28. The van der Waals surface area contributed by atoms with Gasteiger partial charge in [-0.1, -0.05) is 13.8 Å². The van der Waals surface area contributed by atoms with Crippen LogP contribution in [0.2, 0.25) is 0 Å². The van der Waals surface area contributed by atoms with Crippen molar-refractivity contribution in [1.82, 2.24) is 19.7 Å². The van der Waals surface area contributed by atoms with E-state index in [9.17, 15) is 9.59 Å². The van der Waals surface area contributed by atoms with Crippen molar-refractivity contribution in [3.05, 3.63) is 47.9 Å². The number of amides is 3. The van der Waals surface area contributed by atoms with Gasteiger partial charge in [-0.05, 0) is 43.0 Å². The fourth-order valence-corrected chi connectivity index (χ4v) is 4.23. The molecule has 4 N–H and O–H groups in total. The van der Waals surface area contributed by atoms with Crippen molar-refractivity contribution in [2.24, 2.45) is 11.7 Å². The first-order valence-electron chi connectivity index (χ1n) is 10.4. The van der Waals surface area contributed by atoms with Gasteiger partial charge in [0.15, 0.2) is 0 Å². The van der Waals surface area contributed by atoms with E-state index in [0.29, 0.717) is 30.3 Å². The monoisotopic (exact) mass is 408 g/mol. The predicted octanol–water partition coefficient (Wildman–Crippen LogP) is 3.53. The lowest BCUT2D eigenvalue weighted by molar-refractivity contribution is 0.0998. The van der Waals surface area contributed by atoms with Crippen LogP contribution in [0.4, 0.5) is 10.5 Å². The molecule has 8 heteroatoms. The van der Waals surface area contributed by atoms with Crippen LogP contribution in [-0.2, 0) is 6.54 Å². The minimum absolute atomic E-state index is 0.0158. The molecule has 2 aromatic heterocycles. The number of piperidine rings is 1. The fourth-order valence-electron chi connectivity index (χ4n) is 4.23. The quantitative estimate of drug-likeness (QED) is 0.601. The van der Waals surface area contributed by atoms with Crippen molar-refractivity contribution in [2.45, 2.75) is 39.2 Å². The number of H-pyrrole nitrogens is 1. The first-order chi connectivity index (χ1) is 14.4. The molecule has 3 aromatic rings. The van der Waals surface area contributed by atoms with Crippen molar-refractivity contribution in [2.75, 3.05) is 18.4 Å². The van der Waals surface area contributed by atoms with Crippen molar-refractivity contribution in [3.8, 4) is 0 Å². The van der Waals surface area contributed by atoms with Crippen LogP contribution in [0.1, 0.15) is 48.7 Å². The van der Waals surface area contributed by atoms with Crippen LogP contribution in [0.15, 0.2) is 36.7 Å². The Morgan fingerprint density at radius 1 is 1.33 bits per heavy atom. The highest BCUT2D eigenvalue weighted by Gasteiger charge is 2.28. The van der Waals surface area contributed by atoms with E-state index in [-0.39, 0.29) is 11.9 Å². The molecule has 0 radical (unpaired) electrons. The number of nitrogens with one attached hydrogen (secondary N) is 2. The molecule has 0 bridgehead atoms. The van der Waals surface area contributed by atoms with Crippen LogP contribution in [-0.4, -0.2) is 44.7 Å². The molecular weight excluding hydrogens is 380 g/mol. The van der Waals surface area contributed by atoms with E-state index in [4.69, 9.17) is 5.73 Å². The predicted molar refractivity (Wildman–Crippen MR) is 116 cm³/mol. The molecule has 1 aliphatic heterocycles. The Labute approximate surface area is 175 Å². The maximum Gasteiger partial charge on any atom is 0.321 e. The SMILES string of the molecule is CC(C)Cn1ccc2cc(NC(=O)N3CCC[C@H](c4[nH]ncc4C(N)=O)C3)ccc21. The summed E-state index contributed by atoms with van der Waals surface area (Å²) in [4.78, 5) is 26.3. The summed E-state index contributed by atoms with van der Waals surface area (Å²) >= 11 is 0. The molecule has 0 saturated carbocycles. The molecule has 0 unspecified atom stereocenters. The van der Waals surface area contributed by atoms with Gasteiger partial charge in [-0.2, -0.15) is 5.10 Å². The number of hydrogen-bond acceptors (Lipinski definition) is 3. The Hall–Kier alpha value is -3.29. The number of aromatic amines is 1. The Morgan fingerprint density at radius 3 is 2.93 bits per heavy atom. The third-order valence-electron chi connectivity index (χ3n) is 5.64. The van der Waals surface area contributed by atoms with Gasteiger partial charge in [0.1, 0.15) is 0 Å². The number of likely N-dealkylation sites (tertiary alicyclic amines) is 1. The number of carbonyl (C=O) groups excluding carboxylic acids is 2. The van der Waals surface area contributed by atoms with Gasteiger partial charge < -0.3 is 20.5 Å². The topological polar surface area (TPSA) is 109 Å². The van der Waals surface area contributed by atoms with Gasteiger partial charge in [0, 0.05) is 48.3 Å². The second-order valence-corrected chi connectivity index (χ2v) is 8.41. The lowest BCUT2D eigenvalue weighted by Crippen LogP contribution is -2.42. The summed E-state index contributed by atoms with van der Waals surface area (Å²) in [6, 6.07) is 7.94. The van der Waals surface area contributed by atoms with Crippen molar-refractivity contribution < 1.29 is 9.59 Å². The maximum atomic E-state index is 12.9. The van der Waals surface area contributed by atoms with E-state index < -0.39 is 5.91 Å². The number of carbonyl (C=O) groups is 2. The smallest absolute Gasteiger partial charge is 0.321 e. The molecule has 0 aliphatic carbocycles. The summed E-state index contributed by atoms with van der Waals surface area (Å²) in [7, 11) is 0. The van der Waals surface area contributed by atoms with Crippen LogP contribution in [0.5, 0.6) is 0 Å². The van der Waals surface area contributed by atoms with Crippen molar-refractivity contribution in [1.29, 1.82) is 0 Å². The van der Waals surface area contributed by atoms with Crippen LogP contribution < -0.4 is 11.1 Å². The van der Waals surface area contributed by atoms with Gasteiger partial charge in [-0.3, -0.25) is 9.89 Å². The number of urea groups is 1. The minimum Gasteiger partial charge on any atom is -0.365 e. The average Bonchev–Trinajstić information content (AvgIpc) is 3.35. The molecule has 0 spiro atoms. The lowest BCUT2D eigenvalue weighted by Gasteiger charge is -2.32. The molecule has 1 fully saturated rings. The van der Waals surface area contributed by atoms with Gasteiger partial charge in [0.2, 0.25) is 0 Å². The normalized spacial score (nSPS) is 16.9. The second-order valence-electron chi connectivity index (χ2n) is 8.41. The molecule has 158 valence electrons. The standard InChI is InChI=1S/C22H28N6O2/c1-14(2)12-27-9-7-15-10-17(5-6-19(15)27)25-22(30)28-8-3-4-16(13-28)20-18(21(23)29)11-24-26-20/h5-7,9-11,14,16H,3-4,8,12-13H2,1-2H3,(H2,23,29)(H,24,26)(H,25,30)/t16-/m0/s1. The van der Waals surface area contributed by atoms with E-state index in [1.165, 1.54) is 6.20 Å². The highest BCUT2D eigenvalue weighted by atomic mass is 16.2. The fraction of sp³-hybridized carbons (Fsp3) is 0.409. The number of primary amides is 1. The summed E-state index contributed by atoms with van der Waals surface area (Å²) in [5.74, 6) is 0.0806. The van der Waals surface area contributed by atoms with Gasteiger partial charge in [-0.15, -0.1) is 0 Å². The summed E-state index contributed by atoms with van der Waals surface area (Å²) in [6.45, 7) is 6.55. The second kappa shape index (κ2) is 8.22. The molecule has 8 nitrogen and oxygen atoms in total. The largest absolute Gasteiger partial charge is 0.365 e. The Balaban J connectivity index is 1.45. The molecule has 1 aromatic carbocycles. The first kappa shape index (κ1) is 20.0. The van der Waals surface area contributed by atoms with Gasteiger partial charge in [-0.25, -0.2) is 4.79 Å². The van der Waals surface area contributed by atoms with Crippen molar-refractivity contribution >= 4 is 28.5 Å². The zero-order valence-corrected chi connectivity index (χ0v) is 17.4. The lowest BCUT2D eigenvalue weighted by atomic mass is 9.92. The van der Waals surface area contributed by atoms with E-state index in [1.807, 2.05) is 12.1 Å². The number of nitrogens with zero attached hydrogens (tertiary/aromatic N) is 3. The molecule has 1 atom stereocenters. The van der Waals surface area contributed by atoms with Gasteiger partial charge in [0.25, 0.3) is 5.91 Å². The van der Waals surface area contributed by atoms with E-state index in [0.717, 1.165) is 36.0 Å². The first-order valence-corrected chi connectivity index (χ1v) is 10.4. The van der Waals surface area contributed by atoms with E-state index in [2.05, 4.69) is 52.3 Å². The van der Waals surface area contributed by atoms with Crippen LogP contribution in [0, 0.1) is 5.92 Å². The van der Waals surface area contributed by atoms with Crippen LogP contribution in [0.3, 0.4) is 0 Å². The highest BCUT2D eigenvalue weighted by molar-refractivity contribution is 5.94. The number of aromatic nitrogens is 3. The zero-order valence-electron chi connectivity index (χ0n) is 17.4. The molecular formula is C22H28N6O2. The average molecular weight is 409 g/mol. The third kappa shape index (κ3) is 4.03. The Bertz CT molecular complexity index is 1070. The zero-order chi connectivity index (χ0) is 21.3. The summed E-state index contributed by atoms with van der Waals surface area (Å²) in [5, 5.41) is 11.0. The maximum absolute atomic E-state index is 12.9. The number of rotatable bonds is 5. The summed E-state index contributed by atoms with van der Waals surface area (Å²) < 4.78 is 2.24. The number of anilines is 1. The molecule has 30 heavy (non-hydrogen) atoms. The highest BCUT2D eigenvalue weighted by Crippen LogP contribution is 2.28. The molecule has 1 aliphatic rings.